The summed E-state index contributed by atoms with van der Waals surface area (Å²) in [5.74, 6) is 0.0510. The number of rotatable bonds is 16. The largest absolute Gasteiger partial charge is 0.299 e. The van der Waals surface area contributed by atoms with Crippen molar-refractivity contribution in [2.24, 2.45) is 16.7 Å². The second kappa shape index (κ2) is 15.7. The summed E-state index contributed by atoms with van der Waals surface area (Å²) in [6, 6.07) is 13.9. The van der Waals surface area contributed by atoms with Gasteiger partial charge >= 0.3 is 0 Å². The molecule has 0 saturated heterocycles. The number of carbonyl (C=O) groups is 1. The standard InChI is InChI=1S/C46H66O4S2/c1-12-31-23-34(15-4)42(35(16-5)24-31)52(43-36(17-6)25-32(13-2)26-37(43)18-7,44-38(19-8)27-33(14-3)28-39(44)20-9)50-51(48,49)30-46-22-21-40(29-41(46)47)45(46,10)11/h23-28,40H,12-22,29-30H2,1-11H3. The van der Waals surface area contributed by atoms with Crippen molar-refractivity contribution in [1.29, 1.82) is 0 Å². The average Bonchev–Trinajstić information content (AvgIpc) is 3.49. The summed E-state index contributed by atoms with van der Waals surface area (Å²) >= 11 is 0. The molecule has 2 aliphatic rings. The number of aryl methyl sites for hydroxylation is 9. The Kier molecular flexibility index (Phi) is 12.3. The lowest BCUT2D eigenvalue weighted by atomic mass is 9.70. The minimum Gasteiger partial charge on any atom is -0.299 e. The predicted octanol–water partition coefficient (Wildman–Crippen LogP) is 11.7. The van der Waals surface area contributed by atoms with Crippen LogP contribution in [0.15, 0.2) is 51.1 Å². The Labute approximate surface area is 318 Å². The van der Waals surface area contributed by atoms with Crippen molar-refractivity contribution < 1.29 is 16.8 Å². The molecule has 4 nitrogen and oxygen atoms in total. The minimum absolute atomic E-state index is 0.101. The predicted molar refractivity (Wildman–Crippen MR) is 220 cm³/mol. The normalized spacial score (nSPS) is 20.2. The molecule has 2 unspecified atom stereocenters. The van der Waals surface area contributed by atoms with Crippen molar-refractivity contribution in [1.82, 2.24) is 0 Å². The molecule has 0 spiro atoms. The lowest BCUT2D eigenvalue weighted by Crippen LogP contribution is -2.42. The van der Waals surface area contributed by atoms with Gasteiger partial charge in [0, 0.05) is 21.1 Å². The summed E-state index contributed by atoms with van der Waals surface area (Å²) in [5.41, 5.74) is 9.49. The maximum atomic E-state index is 15.6. The lowest BCUT2D eigenvalue weighted by Gasteiger charge is -2.47. The van der Waals surface area contributed by atoms with Crippen LogP contribution in [0.2, 0.25) is 0 Å². The quantitative estimate of drug-likeness (QED) is 0.146. The highest BCUT2D eigenvalue weighted by atomic mass is 32.3. The monoisotopic (exact) mass is 746 g/mol. The molecule has 0 amide bonds. The summed E-state index contributed by atoms with van der Waals surface area (Å²) in [6.45, 7) is 24.1. The van der Waals surface area contributed by atoms with Gasteiger partial charge in [-0.1, -0.05) is 113 Å². The fourth-order valence-electron chi connectivity index (χ4n) is 9.77. The fourth-order valence-corrected chi connectivity index (χ4v) is 17.4. The van der Waals surface area contributed by atoms with Gasteiger partial charge in [0.15, 0.2) is 0 Å². The molecule has 6 heteroatoms. The van der Waals surface area contributed by atoms with Gasteiger partial charge in [-0.15, -0.1) is 0 Å². The molecular formula is C46H66O4S2. The maximum absolute atomic E-state index is 15.6. The van der Waals surface area contributed by atoms with Crippen molar-refractivity contribution in [3.63, 3.8) is 0 Å². The average molecular weight is 747 g/mol. The van der Waals surface area contributed by atoms with E-state index in [4.69, 9.17) is 3.63 Å². The fraction of sp³-hybridized carbons (Fsp3) is 0.587. The number of ketones is 1. The summed E-state index contributed by atoms with van der Waals surface area (Å²) in [7, 11) is -7.23. The zero-order valence-corrected chi connectivity index (χ0v) is 35.8. The first-order valence-electron chi connectivity index (χ1n) is 20.4. The van der Waals surface area contributed by atoms with Gasteiger partial charge in [-0.25, -0.2) is 3.63 Å². The Morgan fingerprint density at radius 3 is 1.13 bits per heavy atom. The second-order valence-corrected chi connectivity index (χ2v) is 20.2. The highest BCUT2D eigenvalue weighted by Gasteiger charge is 2.66. The van der Waals surface area contributed by atoms with Crippen LogP contribution >= 0.6 is 10.3 Å². The van der Waals surface area contributed by atoms with E-state index in [0.717, 1.165) is 78.9 Å². The molecule has 0 aromatic heterocycles. The first-order chi connectivity index (χ1) is 24.7. The van der Waals surface area contributed by atoms with Crippen LogP contribution in [0, 0.1) is 16.7 Å². The van der Waals surface area contributed by atoms with Crippen LogP contribution in [-0.2, 0) is 76.3 Å². The van der Waals surface area contributed by atoms with Gasteiger partial charge in [0.1, 0.15) is 5.78 Å². The molecule has 0 N–H and O–H groups in total. The van der Waals surface area contributed by atoms with Gasteiger partial charge in [-0.2, -0.15) is 8.42 Å². The molecule has 2 aliphatic carbocycles. The van der Waals surface area contributed by atoms with Crippen LogP contribution in [0.4, 0.5) is 0 Å². The van der Waals surface area contributed by atoms with E-state index >= 15 is 8.42 Å². The van der Waals surface area contributed by atoms with E-state index in [2.05, 4.69) is 113 Å². The molecule has 2 atom stereocenters. The van der Waals surface area contributed by atoms with E-state index < -0.39 is 31.3 Å². The third-order valence-corrected chi connectivity index (χ3v) is 18.8. The van der Waals surface area contributed by atoms with Gasteiger partial charge in [-0.3, -0.25) is 4.79 Å². The number of Topliss-reactive ketones (excluding diaryl/α,β-unsaturated/α-hetero) is 1. The Morgan fingerprint density at radius 2 is 0.904 bits per heavy atom. The van der Waals surface area contributed by atoms with E-state index in [1.165, 1.54) is 50.1 Å². The Morgan fingerprint density at radius 1 is 0.577 bits per heavy atom. The van der Waals surface area contributed by atoms with Crippen molar-refractivity contribution in [2.75, 3.05) is 5.75 Å². The molecule has 2 bridgehead atoms. The molecular weight excluding hydrogens is 681 g/mol. The second-order valence-electron chi connectivity index (χ2n) is 15.9. The zero-order valence-electron chi connectivity index (χ0n) is 34.2. The van der Waals surface area contributed by atoms with Crippen LogP contribution in [0.3, 0.4) is 0 Å². The van der Waals surface area contributed by atoms with Crippen LogP contribution < -0.4 is 0 Å². The minimum atomic E-state index is -4.30. The summed E-state index contributed by atoms with van der Waals surface area (Å²) in [4.78, 5) is 17.1. The van der Waals surface area contributed by atoms with E-state index in [0.29, 0.717) is 12.8 Å². The van der Waals surface area contributed by atoms with Crippen molar-refractivity contribution in [3.8, 4) is 0 Å². The van der Waals surface area contributed by atoms with E-state index in [9.17, 15) is 4.79 Å². The highest BCUT2D eigenvalue weighted by Crippen LogP contribution is 2.75. The van der Waals surface area contributed by atoms with Gasteiger partial charge in [0.25, 0.3) is 10.1 Å². The molecule has 5 rings (SSSR count). The Balaban J connectivity index is 2.05. The lowest BCUT2D eigenvalue weighted by molar-refractivity contribution is -0.128. The number of benzene rings is 3. The molecule has 0 radical (unpaired) electrons. The smallest absolute Gasteiger partial charge is 0.278 e. The Hall–Kier alpha value is -2.41. The number of hydrogen-bond acceptors (Lipinski definition) is 4. The van der Waals surface area contributed by atoms with E-state index in [-0.39, 0.29) is 17.5 Å². The van der Waals surface area contributed by atoms with Crippen molar-refractivity contribution in [2.45, 2.75) is 168 Å². The SMILES string of the molecule is CCc1cc(CC)c(S(OS(=O)(=O)CC23CCC(CC2=O)C3(C)C)(c2c(CC)cc(CC)cc2CC)c2c(CC)cc(CC)cc2CC)c(CC)c1. The summed E-state index contributed by atoms with van der Waals surface area (Å²) < 4.78 is 38.6. The Bertz CT molecular complexity index is 1690. The van der Waals surface area contributed by atoms with E-state index in [1.54, 1.807) is 0 Å². The van der Waals surface area contributed by atoms with Gasteiger partial charge in [-0.05, 0) is 142 Å². The molecule has 2 fully saturated rings. The molecule has 0 aliphatic heterocycles. The molecule has 2 saturated carbocycles. The molecule has 52 heavy (non-hydrogen) atoms. The number of carbonyl (C=O) groups excluding carboxylic acids is 1. The molecule has 3 aromatic carbocycles. The van der Waals surface area contributed by atoms with Crippen LogP contribution in [-0.4, -0.2) is 20.0 Å². The van der Waals surface area contributed by atoms with E-state index in [1.807, 2.05) is 0 Å². The zero-order chi connectivity index (χ0) is 38.2. The third-order valence-electron chi connectivity index (χ3n) is 13.0. The first kappa shape index (κ1) is 40.8. The third kappa shape index (κ3) is 6.65. The van der Waals surface area contributed by atoms with Gasteiger partial charge in [0.2, 0.25) is 0 Å². The first-order valence-corrected chi connectivity index (χ1v) is 23.6. The van der Waals surface area contributed by atoms with Crippen molar-refractivity contribution in [3.05, 3.63) is 86.5 Å². The summed E-state index contributed by atoms with van der Waals surface area (Å²) in [6.07, 6.45) is 9.24. The topological polar surface area (TPSA) is 60.4 Å². The van der Waals surface area contributed by atoms with Gasteiger partial charge in [0.05, 0.1) is 11.2 Å². The molecule has 0 heterocycles. The highest BCUT2D eigenvalue weighted by molar-refractivity contribution is 8.33. The van der Waals surface area contributed by atoms with Gasteiger partial charge < -0.3 is 0 Å². The van der Waals surface area contributed by atoms with Crippen LogP contribution in [0.1, 0.15) is 145 Å². The van der Waals surface area contributed by atoms with Crippen LogP contribution in [0.25, 0.3) is 0 Å². The number of hydrogen-bond donors (Lipinski definition) is 0. The molecule has 286 valence electrons. The summed E-state index contributed by atoms with van der Waals surface area (Å²) in [5, 5.41) is 0. The number of fused-ring (bicyclic) bond motifs is 2. The van der Waals surface area contributed by atoms with Crippen LogP contribution in [0.5, 0.6) is 0 Å². The molecule has 3 aromatic rings. The van der Waals surface area contributed by atoms with Crippen molar-refractivity contribution >= 4 is 26.2 Å². The maximum Gasteiger partial charge on any atom is 0.278 e.